The fourth-order valence-corrected chi connectivity index (χ4v) is 4.02. The number of aromatic nitrogens is 4. The molecule has 7 heteroatoms. The molecule has 2 aromatic heterocycles. The number of nitrogens with one attached hydrogen (secondary N) is 2. The van der Waals surface area contributed by atoms with E-state index < -0.39 is 0 Å². The minimum absolute atomic E-state index is 0.188. The van der Waals surface area contributed by atoms with Crippen molar-refractivity contribution in [3.63, 3.8) is 0 Å². The van der Waals surface area contributed by atoms with E-state index in [4.69, 9.17) is 0 Å². The van der Waals surface area contributed by atoms with E-state index in [1.54, 1.807) is 18.5 Å². The molecule has 2 unspecified atom stereocenters. The van der Waals surface area contributed by atoms with Gasteiger partial charge in [-0.2, -0.15) is 5.10 Å². The molecule has 0 saturated carbocycles. The number of H-pyrrole nitrogens is 1. The number of aromatic amines is 1. The lowest BCUT2D eigenvalue weighted by molar-refractivity contribution is 0.477. The average Bonchev–Trinajstić information content (AvgIpc) is 3.39. The van der Waals surface area contributed by atoms with E-state index in [0.29, 0.717) is 11.3 Å². The predicted molar refractivity (Wildman–Crippen MR) is 98.8 cm³/mol. The smallest absolute Gasteiger partial charge is 0.151 e. The first-order valence-corrected chi connectivity index (χ1v) is 8.90. The molecule has 5 rings (SSSR count). The zero-order valence-electron chi connectivity index (χ0n) is 14.3. The second kappa shape index (κ2) is 6.10. The highest BCUT2D eigenvalue weighted by Gasteiger charge is 2.36. The molecule has 4 heterocycles. The largest absolute Gasteiger partial charge is 0.507 e. The van der Waals surface area contributed by atoms with Crippen molar-refractivity contribution in [2.75, 3.05) is 31.1 Å². The molecule has 0 aliphatic carbocycles. The number of fused-ring (bicyclic) bond motifs is 1. The maximum Gasteiger partial charge on any atom is 0.151 e. The second-order valence-corrected chi connectivity index (χ2v) is 7.08. The van der Waals surface area contributed by atoms with Crippen LogP contribution in [0, 0.1) is 11.8 Å². The molecular formula is C19H20N6O. The average molecular weight is 348 g/mol. The van der Waals surface area contributed by atoms with Gasteiger partial charge in [-0.3, -0.25) is 5.10 Å². The number of anilines is 1. The topological polar surface area (TPSA) is 90.0 Å². The summed E-state index contributed by atoms with van der Waals surface area (Å²) in [6.45, 7) is 4.28. The molecule has 1 aromatic carbocycles. The van der Waals surface area contributed by atoms with Gasteiger partial charge in [-0.15, -0.1) is 10.2 Å². The summed E-state index contributed by atoms with van der Waals surface area (Å²) < 4.78 is 0. The molecule has 2 fully saturated rings. The number of hydrogen-bond donors (Lipinski definition) is 3. The predicted octanol–water partition coefficient (Wildman–Crippen LogP) is 1.89. The molecule has 26 heavy (non-hydrogen) atoms. The van der Waals surface area contributed by atoms with Gasteiger partial charge in [0.2, 0.25) is 0 Å². The highest BCUT2D eigenvalue weighted by atomic mass is 16.3. The Morgan fingerprint density at radius 1 is 1.00 bits per heavy atom. The highest BCUT2D eigenvalue weighted by Crippen LogP contribution is 2.33. The summed E-state index contributed by atoms with van der Waals surface area (Å²) >= 11 is 0. The normalized spacial score (nSPS) is 21.9. The Kier molecular flexibility index (Phi) is 3.60. The minimum Gasteiger partial charge on any atom is -0.507 e. The number of aromatic hydroxyl groups is 1. The number of phenols is 1. The molecule has 132 valence electrons. The number of nitrogens with zero attached hydrogens (tertiary/aromatic N) is 4. The first-order valence-electron chi connectivity index (χ1n) is 8.90. The van der Waals surface area contributed by atoms with Gasteiger partial charge in [0.15, 0.2) is 5.82 Å². The zero-order chi connectivity index (χ0) is 17.5. The van der Waals surface area contributed by atoms with Gasteiger partial charge in [-0.1, -0.05) is 6.07 Å². The fraction of sp³-hybridized carbons (Fsp3) is 0.316. The zero-order valence-corrected chi connectivity index (χ0v) is 14.3. The van der Waals surface area contributed by atoms with E-state index in [2.05, 4.69) is 30.6 Å². The lowest BCUT2D eigenvalue weighted by Crippen LogP contribution is -2.26. The van der Waals surface area contributed by atoms with Crippen molar-refractivity contribution in [3.05, 3.63) is 42.7 Å². The van der Waals surface area contributed by atoms with E-state index in [0.717, 1.165) is 55.0 Å². The molecule has 0 amide bonds. The summed E-state index contributed by atoms with van der Waals surface area (Å²) in [5.41, 5.74) is 3.19. The van der Waals surface area contributed by atoms with Crippen molar-refractivity contribution in [2.24, 2.45) is 11.8 Å². The van der Waals surface area contributed by atoms with Crippen LogP contribution in [-0.2, 0) is 0 Å². The molecule has 2 atom stereocenters. The van der Waals surface area contributed by atoms with Crippen molar-refractivity contribution in [3.8, 4) is 28.1 Å². The molecule has 2 aliphatic rings. The monoisotopic (exact) mass is 348 g/mol. The van der Waals surface area contributed by atoms with E-state index >= 15 is 0 Å². The summed E-state index contributed by atoms with van der Waals surface area (Å²) in [6.07, 6.45) is 3.52. The number of hydrogen-bond acceptors (Lipinski definition) is 6. The summed E-state index contributed by atoms with van der Waals surface area (Å²) in [4.78, 5) is 2.31. The molecule has 0 bridgehead atoms. The van der Waals surface area contributed by atoms with Crippen LogP contribution in [0.15, 0.2) is 42.7 Å². The quantitative estimate of drug-likeness (QED) is 0.670. The third-order valence-corrected chi connectivity index (χ3v) is 5.47. The lowest BCUT2D eigenvalue weighted by atomic mass is 10.0. The van der Waals surface area contributed by atoms with Crippen LogP contribution >= 0.6 is 0 Å². The van der Waals surface area contributed by atoms with Crippen molar-refractivity contribution in [2.45, 2.75) is 0 Å². The van der Waals surface area contributed by atoms with Gasteiger partial charge in [0, 0.05) is 43.5 Å². The van der Waals surface area contributed by atoms with Crippen molar-refractivity contribution in [1.29, 1.82) is 0 Å². The summed E-state index contributed by atoms with van der Waals surface area (Å²) in [6, 6.07) is 9.48. The third kappa shape index (κ3) is 2.61. The molecule has 2 aliphatic heterocycles. The summed E-state index contributed by atoms with van der Waals surface area (Å²) in [5.74, 6) is 2.54. The molecule has 3 N–H and O–H groups in total. The van der Waals surface area contributed by atoms with Gasteiger partial charge < -0.3 is 15.3 Å². The Bertz CT molecular complexity index is 896. The first-order chi connectivity index (χ1) is 12.8. The Labute approximate surface area is 151 Å². The van der Waals surface area contributed by atoms with Gasteiger partial charge in [-0.25, -0.2) is 0 Å². The van der Waals surface area contributed by atoms with Crippen LogP contribution in [0.5, 0.6) is 5.75 Å². The van der Waals surface area contributed by atoms with Crippen LogP contribution in [0.2, 0.25) is 0 Å². The lowest BCUT2D eigenvalue weighted by Gasteiger charge is -2.18. The van der Waals surface area contributed by atoms with Gasteiger partial charge in [0.1, 0.15) is 5.75 Å². The van der Waals surface area contributed by atoms with Crippen LogP contribution in [0.4, 0.5) is 5.82 Å². The standard InChI is InChI=1S/C19H20N6O/c26-18-5-12(13-8-21-22-9-13)1-2-16(18)17-3-4-19(24-23-17)25-10-14-6-20-7-15(14)11-25/h1-5,8-9,14-15,20,26H,6-7,10-11H2,(H,21,22). The minimum atomic E-state index is 0.188. The number of phenolic OH excluding ortho intramolecular Hbond substituents is 1. The Morgan fingerprint density at radius 2 is 1.85 bits per heavy atom. The molecule has 0 radical (unpaired) electrons. The first kappa shape index (κ1) is 15.3. The number of rotatable bonds is 3. The Hall–Kier alpha value is -2.93. The molecule has 0 spiro atoms. The second-order valence-electron chi connectivity index (χ2n) is 7.08. The molecule has 3 aromatic rings. The van der Waals surface area contributed by atoms with Gasteiger partial charge in [0.25, 0.3) is 0 Å². The van der Waals surface area contributed by atoms with E-state index in [1.807, 2.05) is 24.3 Å². The van der Waals surface area contributed by atoms with Crippen molar-refractivity contribution in [1.82, 2.24) is 25.7 Å². The molecule has 2 saturated heterocycles. The Balaban J connectivity index is 1.37. The van der Waals surface area contributed by atoms with E-state index in [9.17, 15) is 5.11 Å². The summed E-state index contributed by atoms with van der Waals surface area (Å²) in [5, 5.41) is 29.3. The SMILES string of the molecule is Oc1cc(-c2cn[nH]c2)ccc1-c1ccc(N2CC3CNCC3C2)nn1. The maximum absolute atomic E-state index is 10.4. The third-order valence-electron chi connectivity index (χ3n) is 5.47. The van der Waals surface area contributed by atoms with Crippen LogP contribution in [-0.4, -0.2) is 51.7 Å². The number of benzene rings is 1. The molecular weight excluding hydrogens is 328 g/mol. The van der Waals surface area contributed by atoms with Gasteiger partial charge in [0.05, 0.1) is 11.9 Å². The van der Waals surface area contributed by atoms with Crippen LogP contribution in [0.3, 0.4) is 0 Å². The fourth-order valence-electron chi connectivity index (χ4n) is 4.02. The summed E-state index contributed by atoms with van der Waals surface area (Å²) in [7, 11) is 0. The van der Waals surface area contributed by atoms with Crippen molar-refractivity contribution >= 4 is 5.82 Å². The van der Waals surface area contributed by atoms with Crippen LogP contribution in [0.1, 0.15) is 0 Å². The van der Waals surface area contributed by atoms with Crippen LogP contribution in [0.25, 0.3) is 22.4 Å². The molecule has 7 nitrogen and oxygen atoms in total. The maximum atomic E-state index is 10.4. The highest BCUT2D eigenvalue weighted by molar-refractivity contribution is 5.73. The van der Waals surface area contributed by atoms with Gasteiger partial charge in [-0.05, 0) is 41.7 Å². The van der Waals surface area contributed by atoms with E-state index in [1.165, 1.54) is 0 Å². The van der Waals surface area contributed by atoms with E-state index in [-0.39, 0.29) is 5.75 Å². The van der Waals surface area contributed by atoms with Gasteiger partial charge >= 0.3 is 0 Å². The van der Waals surface area contributed by atoms with Crippen molar-refractivity contribution < 1.29 is 5.11 Å². The van der Waals surface area contributed by atoms with Crippen LogP contribution < -0.4 is 10.2 Å². The Morgan fingerprint density at radius 3 is 2.50 bits per heavy atom.